The van der Waals surface area contributed by atoms with Gasteiger partial charge in [0.15, 0.2) is 0 Å². The van der Waals surface area contributed by atoms with Crippen molar-refractivity contribution < 1.29 is 0 Å². The Morgan fingerprint density at radius 3 is 3.27 bits per heavy atom. The van der Waals surface area contributed by atoms with Gasteiger partial charge in [-0.1, -0.05) is 0 Å². The van der Waals surface area contributed by atoms with Crippen LogP contribution in [0, 0.1) is 0 Å². The molecule has 1 unspecified atom stereocenters. The number of nitrogens with two attached hydrogens (primary N) is 1. The van der Waals surface area contributed by atoms with Crippen molar-refractivity contribution in [2.75, 3.05) is 18.8 Å². The SMILES string of the molecule is Nc1ccn2c(C3CCNC3)ncc2c1. The summed E-state index contributed by atoms with van der Waals surface area (Å²) in [6, 6.07) is 3.87. The van der Waals surface area contributed by atoms with Crippen LogP contribution in [0.2, 0.25) is 0 Å². The molecule has 1 aliphatic rings. The molecule has 2 aromatic heterocycles. The lowest BCUT2D eigenvalue weighted by atomic mass is 10.1. The van der Waals surface area contributed by atoms with E-state index in [1.54, 1.807) is 0 Å². The van der Waals surface area contributed by atoms with Crippen LogP contribution >= 0.6 is 0 Å². The summed E-state index contributed by atoms with van der Waals surface area (Å²) >= 11 is 0. The maximum atomic E-state index is 5.73. The lowest BCUT2D eigenvalue weighted by Gasteiger charge is -2.07. The van der Waals surface area contributed by atoms with Gasteiger partial charge < -0.3 is 15.5 Å². The molecule has 0 radical (unpaired) electrons. The first-order valence-electron chi connectivity index (χ1n) is 5.28. The van der Waals surface area contributed by atoms with E-state index in [-0.39, 0.29) is 0 Å². The topological polar surface area (TPSA) is 55.4 Å². The number of nitrogens with one attached hydrogen (secondary N) is 1. The number of aromatic nitrogens is 2. The molecule has 3 N–H and O–H groups in total. The predicted molar refractivity (Wildman–Crippen MR) is 59.8 cm³/mol. The summed E-state index contributed by atoms with van der Waals surface area (Å²) in [5.41, 5.74) is 7.60. The number of fused-ring (bicyclic) bond motifs is 1. The fourth-order valence-electron chi connectivity index (χ4n) is 2.21. The van der Waals surface area contributed by atoms with Gasteiger partial charge >= 0.3 is 0 Å². The van der Waals surface area contributed by atoms with E-state index in [9.17, 15) is 0 Å². The number of rotatable bonds is 1. The van der Waals surface area contributed by atoms with Crippen LogP contribution in [-0.4, -0.2) is 22.5 Å². The van der Waals surface area contributed by atoms with Crippen molar-refractivity contribution in [1.82, 2.24) is 14.7 Å². The lowest BCUT2D eigenvalue weighted by molar-refractivity contribution is 0.699. The van der Waals surface area contributed by atoms with E-state index in [0.29, 0.717) is 5.92 Å². The van der Waals surface area contributed by atoms with E-state index in [0.717, 1.165) is 30.1 Å². The van der Waals surface area contributed by atoms with Crippen LogP contribution in [0.1, 0.15) is 18.2 Å². The van der Waals surface area contributed by atoms with Gasteiger partial charge in [0.25, 0.3) is 0 Å². The van der Waals surface area contributed by atoms with Gasteiger partial charge in [-0.2, -0.15) is 0 Å². The lowest BCUT2D eigenvalue weighted by Crippen LogP contribution is -2.10. The molecule has 78 valence electrons. The van der Waals surface area contributed by atoms with E-state index in [1.807, 2.05) is 24.5 Å². The Morgan fingerprint density at radius 2 is 2.47 bits per heavy atom. The van der Waals surface area contributed by atoms with Crippen LogP contribution < -0.4 is 11.1 Å². The third-order valence-electron chi connectivity index (χ3n) is 3.01. The van der Waals surface area contributed by atoms with Crippen molar-refractivity contribution in [2.45, 2.75) is 12.3 Å². The highest BCUT2D eigenvalue weighted by Gasteiger charge is 2.20. The monoisotopic (exact) mass is 202 g/mol. The number of imidazole rings is 1. The largest absolute Gasteiger partial charge is 0.399 e. The Labute approximate surface area is 88.1 Å². The smallest absolute Gasteiger partial charge is 0.117 e. The molecule has 3 rings (SSSR count). The summed E-state index contributed by atoms with van der Waals surface area (Å²) in [6.45, 7) is 2.12. The number of nitrogens with zero attached hydrogens (tertiary/aromatic N) is 2. The van der Waals surface area contributed by atoms with Crippen LogP contribution in [0.25, 0.3) is 5.52 Å². The number of hydrogen-bond acceptors (Lipinski definition) is 3. The van der Waals surface area contributed by atoms with Crippen LogP contribution in [-0.2, 0) is 0 Å². The van der Waals surface area contributed by atoms with Crippen molar-refractivity contribution in [2.24, 2.45) is 0 Å². The summed E-state index contributed by atoms with van der Waals surface area (Å²) in [7, 11) is 0. The minimum Gasteiger partial charge on any atom is -0.399 e. The predicted octanol–water partition coefficient (Wildman–Crippen LogP) is 0.993. The molecule has 1 atom stereocenters. The molecule has 1 fully saturated rings. The van der Waals surface area contributed by atoms with Gasteiger partial charge in [0.05, 0.1) is 11.7 Å². The highest BCUT2D eigenvalue weighted by atomic mass is 15.0. The maximum absolute atomic E-state index is 5.73. The maximum Gasteiger partial charge on any atom is 0.117 e. The number of pyridine rings is 1. The zero-order valence-electron chi connectivity index (χ0n) is 8.48. The Hall–Kier alpha value is -1.55. The minimum atomic E-state index is 0.538. The average Bonchev–Trinajstić information content (AvgIpc) is 2.82. The van der Waals surface area contributed by atoms with E-state index >= 15 is 0 Å². The molecule has 0 bridgehead atoms. The van der Waals surface area contributed by atoms with Gasteiger partial charge in [-0.05, 0) is 25.1 Å². The van der Waals surface area contributed by atoms with Gasteiger partial charge in [0, 0.05) is 24.3 Å². The molecule has 0 amide bonds. The van der Waals surface area contributed by atoms with Crippen molar-refractivity contribution in [3.05, 3.63) is 30.4 Å². The van der Waals surface area contributed by atoms with Crippen LogP contribution in [0.3, 0.4) is 0 Å². The van der Waals surface area contributed by atoms with Crippen molar-refractivity contribution in [1.29, 1.82) is 0 Å². The molecular formula is C11H14N4. The molecule has 0 spiro atoms. The fourth-order valence-corrected chi connectivity index (χ4v) is 2.21. The van der Waals surface area contributed by atoms with Gasteiger partial charge in [-0.3, -0.25) is 0 Å². The molecule has 0 aromatic carbocycles. The van der Waals surface area contributed by atoms with Crippen molar-refractivity contribution in [3.8, 4) is 0 Å². The molecule has 0 saturated carbocycles. The molecule has 15 heavy (non-hydrogen) atoms. The Balaban J connectivity index is 2.11. The Bertz CT molecular complexity index is 482. The summed E-state index contributed by atoms with van der Waals surface area (Å²) in [5, 5.41) is 3.36. The Kier molecular flexibility index (Phi) is 1.89. The molecule has 4 heteroatoms. The van der Waals surface area contributed by atoms with E-state index in [4.69, 9.17) is 5.73 Å². The average molecular weight is 202 g/mol. The standard InChI is InChI=1S/C11H14N4/c12-9-2-4-15-10(5-9)7-14-11(15)8-1-3-13-6-8/h2,4-5,7-8,13H,1,3,6,12H2. The first-order chi connectivity index (χ1) is 7.34. The second kappa shape index (κ2) is 3.24. The molecular weight excluding hydrogens is 188 g/mol. The summed E-state index contributed by atoms with van der Waals surface area (Å²) < 4.78 is 2.13. The molecule has 4 nitrogen and oxygen atoms in total. The van der Waals surface area contributed by atoms with Gasteiger partial charge in [0.2, 0.25) is 0 Å². The highest BCUT2D eigenvalue weighted by Crippen LogP contribution is 2.22. The normalized spacial score (nSPS) is 21.2. The number of nitrogen functional groups attached to an aromatic ring is 1. The minimum absolute atomic E-state index is 0.538. The van der Waals surface area contributed by atoms with E-state index in [2.05, 4.69) is 14.7 Å². The van der Waals surface area contributed by atoms with Crippen LogP contribution in [0.5, 0.6) is 0 Å². The van der Waals surface area contributed by atoms with Gasteiger partial charge in [-0.15, -0.1) is 0 Å². The number of anilines is 1. The van der Waals surface area contributed by atoms with Crippen LogP contribution in [0.15, 0.2) is 24.5 Å². The molecule has 1 aliphatic heterocycles. The zero-order chi connectivity index (χ0) is 10.3. The second-order valence-electron chi connectivity index (χ2n) is 4.06. The third-order valence-corrected chi connectivity index (χ3v) is 3.01. The molecule has 0 aliphatic carbocycles. The molecule has 1 saturated heterocycles. The zero-order valence-corrected chi connectivity index (χ0v) is 8.48. The van der Waals surface area contributed by atoms with Crippen molar-refractivity contribution >= 4 is 11.2 Å². The summed E-state index contributed by atoms with van der Waals surface area (Å²) in [5.74, 6) is 1.69. The third kappa shape index (κ3) is 1.37. The Morgan fingerprint density at radius 1 is 1.53 bits per heavy atom. The molecule has 2 aromatic rings. The first-order valence-corrected chi connectivity index (χ1v) is 5.28. The fraction of sp³-hybridized carbons (Fsp3) is 0.364. The van der Waals surface area contributed by atoms with E-state index in [1.165, 1.54) is 6.42 Å². The van der Waals surface area contributed by atoms with Crippen molar-refractivity contribution in [3.63, 3.8) is 0 Å². The summed E-state index contributed by atoms with van der Waals surface area (Å²) in [6.07, 6.45) is 5.07. The highest BCUT2D eigenvalue weighted by molar-refractivity contribution is 5.56. The first kappa shape index (κ1) is 8.73. The van der Waals surface area contributed by atoms with Gasteiger partial charge in [-0.25, -0.2) is 4.98 Å². The molecule has 3 heterocycles. The second-order valence-corrected chi connectivity index (χ2v) is 4.06. The van der Waals surface area contributed by atoms with E-state index < -0.39 is 0 Å². The van der Waals surface area contributed by atoms with Crippen LogP contribution in [0.4, 0.5) is 5.69 Å². The van der Waals surface area contributed by atoms with Gasteiger partial charge in [0.1, 0.15) is 5.82 Å². The quantitative estimate of drug-likeness (QED) is 0.725. The summed E-state index contributed by atoms with van der Waals surface area (Å²) in [4.78, 5) is 4.49. The number of hydrogen-bond donors (Lipinski definition) is 2.